The zero-order valence-electron chi connectivity index (χ0n) is 11.8. The first-order chi connectivity index (χ1) is 10.0. The molecule has 0 saturated heterocycles. The predicted octanol–water partition coefficient (Wildman–Crippen LogP) is 3.42. The molecule has 2 aromatic rings. The van der Waals surface area contributed by atoms with Gasteiger partial charge in [0.15, 0.2) is 0 Å². The van der Waals surface area contributed by atoms with Gasteiger partial charge in [-0.05, 0) is 50.5 Å². The van der Waals surface area contributed by atoms with Gasteiger partial charge in [-0.15, -0.1) is 0 Å². The summed E-state index contributed by atoms with van der Waals surface area (Å²) >= 11 is 5.95. The molecule has 0 aliphatic heterocycles. The molecule has 1 aromatic heterocycles. The van der Waals surface area contributed by atoms with Crippen molar-refractivity contribution in [3.63, 3.8) is 0 Å². The van der Waals surface area contributed by atoms with E-state index < -0.39 is 6.10 Å². The number of aliphatic hydroxyl groups excluding tert-OH is 1. The van der Waals surface area contributed by atoms with Gasteiger partial charge in [0.2, 0.25) is 5.91 Å². The normalized spacial score (nSPS) is 23.4. The Morgan fingerprint density at radius 2 is 2.24 bits per heavy atom. The lowest BCUT2D eigenvalue weighted by atomic mass is 10.0. The summed E-state index contributed by atoms with van der Waals surface area (Å²) in [5.74, 6) is 0.283. The van der Waals surface area contributed by atoms with Crippen molar-refractivity contribution in [2.24, 2.45) is 5.92 Å². The number of aliphatic hydroxyl groups is 1. The number of benzene rings is 1. The Morgan fingerprint density at radius 1 is 1.43 bits per heavy atom. The Hall–Kier alpha value is -1.52. The summed E-state index contributed by atoms with van der Waals surface area (Å²) in [7, 11) is 0. The molecule has 0 bridgehead atoms. The molecule has 0 spiro atoms. The van der Waals surface area contributed by atoms with Gasteiger partial charge < -0.3 is 14.8 Å². The molecule has 1 saturated carbocycles. The molecule has 1 amide bonds. The summed E-state index contributed by atoms with van der Waals surface area (Å²) in [6, 6.07) is 7.07. The first kappa shape index (κ1) is 14.4. The molecule has 3 atom stereocenters. The highest BCUT2D eigenvalue weighted by Crippen LogP contribution is 2.29. The molecule has 0 radical (unpaired) electrons. The minimum absolute atomic E-state index is 0.106. The van der Waals surface area contributed by atoms with Gasteiger partial charge in [-0.25, -0.2) is 0 Å². The summed E-state index contributed by atoms with van der Waals surface area (Å²) in [6.45, 7) is 1.87. The molecule has 1 aliphatic carbocycles. The molecule has 1 fully saturated rings. The summed E-state index contributed by atoms with van der Waals surface area (Å²) in [5.41, 5.74) is 0.747. The van der Waals surface area contributed by atoms with Gasteiger partial charge >= 0.3 is 0 Å². The Labute approximate surface area is 128 Å². The number of halogens is 1. The highest BCUT2D eigenvalue weighted by atomic mass is 35.5. The Kier molecular flexibility index (Phi) is 3.91. The van der Waals surface area contributed by atoms with Crippen LogP contribution in [0.1, 0.15) is 38.0 Å². The van der Waals surface area contributed by atoms with Gasteiger partial charge in [-0.3, -0.25) is 4.79 Å². The van der Waals surface area contributed by atoms with E-state index in [2.05, 4.69) is 5.32 Å². The first-order valence-corrected chi connectivity index (χ1v) is 7.60. The van der Waals surface area contributed by atoms with Crippen molar-refractivity contribution in [2.75, 3.05) is 0 Å². The SMILES string of the molecule is CC(NC(=O)C1CCCC1O)c1cc2cc(Cl)ccc2o1. The number of amides is 1. The van der Waals surface area contributed by atoms with Crippen molar-refractivity contribution < 1.29 is 14.3 Å². The van der Waals surface area contributed by atoms with Gasteiger partial charge in [0.05, 0.1) is 18.1 Å². The minimum Gasteiger partial charge on any atom is -0.459 e. The molecule has 4 nitrogen and oxygen atoms in total. The summed E-state index contributed by atoms with van der Waals surface area (Å²) in [6.07, 6.45) is 1.83. The number of hydrogen-bond acceptors (Lipinski definition) is 3. The fourth-order valence-electron chi connectivity index (χ4n) is 2.89. The van der Waals surface area contributed by atoms with Crippen molar-refractivity contribution >= 4 is 28.5 Å². The lowest BCUT2D eigenvalue weighted by Crippen LogP contribution is -2.36. The maximum absolute atomic E-state index is 12.2. The number of nitrogens with one attached hydrogen (secondary N) is 1. The second kappa shape index (κ2) is 5.70. The Bertz CT molecular complexity index is 667. The number of carbonyl (C=O) groups is 1. The molecule has 1 heterocycles. The average molecular weight is 308 g/mol. The van der Waals surface area contributed by atoms with Crippen LogP contribution in [-0.2, 0) is 4.79 Å². The number of fused-ring (bicyclic) bond motifs is 1. The molecule has 2 N–H and O–H groups in total. The third-order valence-corrected chi connectivity index (χ3v) is 4.33. The maximum atomic E-state index is 12.2. The molecule has 3 unspecified atom stereocenters. The number of furan rings is 1. The third kappa shape index (κ3) is 2.92. The molecule has 1 aromatic carbocycles. The van der Waals surface area contributed by atoms with E-state index in [1.165, 1.54) is 0 Å². The Morgan fingerprint density at radius 3 is 2.95 bits per heavy atom. The van der Waals surface area contributed by atoms with Gasteiger partial charge in [-0.2, -0.15) is 0 Å². The molecule has 5 heteroatoms. The van der Waals surface area contributed by atoms with Gasteiger partial charge in [-0.1, -0.05) is 11.6 Å². The lowest BCUT2D eigenvalue weighted by molar-refractivity contribution is -0.128. The van der Waals surface area contributed by atoms with Crippen molar-refractivity contribution in [3.05, 3.63) is 35.0 Å². The van der Waals surface area contributed by atoms with Crippen LogP contribution >= 0.6 is 11.6 Å². The highest BCUT2D eigenvalue weighted by molar-refractivity contribution is 6.31. The molecular formula is C16H18ClNO3. The predicted molar refractivity (Wildman–Crippen MR) is 81.1 cm³/mol. The summed E-state index contributed by atoms with van der Waals surface area (Å²) in [4.78, 5) is 12.2. The molecule has 112 valence electrons. The quantitative estimate of drug-likeness (QED) is 0.913. The number of hydrogen-bond donors (Lipinski definition) is 2. The second-order valence-electron chi connectivity index (χ2n) is 5.67. The van der Waals surface area contributed by atoms with Crippen LogP contribution in [0, 0.1) is 5.92 Å². The monoisotopic (exact) mass is 307 g/mol. The van der Waals surface area contributed by atoms with Crippen molar-refractivity contribution in [2.45, 2.75) is 38.3 Å². The molecule has 1 aliphatic rings. The zero-order chi connectivity index (χ0) is 15.0. The van der Waals surface area contributed by atoms with E-state index in [1.807, 2.05) is 25.1 Å². The number of carbonyl (C=O) groups excluding carboxylic acids is 1. The van der Waals surface area contributed by atoms with Crippen LogP contribution in [-0.4, -0.2) is 17.1 Å². The van der Waals surface area contributed by atoms with E-state index in [-0.39, 0.29) is 17.9 Å². The van der Waals surface area contributed by atoms with Crippen LogP contribution in [0.3, 0.4) is 0 Å². The maximum Gasteiger partial charge on any atom is 0.226 e. The van der Waals surface area contributed by atoms with Crippen LogP contribution in [0.5, 0.6) is 0 Å². The van der Waals surface area contributed by atoms with E-state index in [0.29, 0.717) is 17.2 Å². The topological polar surface area (TPSA) is 62.5 Å². The zero-order valence-corrected chi connectivity index (χ0v) is 12.6. The van der Waals surface area contributed by atoms with Gasteiger partial charge in [0, 0.05) is 10.4 Å². The number of rotatable bonds is 3. The van der Waals surface area contributed by atoms with Crippen LogP contribution in [0.2, 0.25) is 5.02 Å². The summed E-state index contributed by atoms with van der Waals surface area (Å²) in [5, 5.41) is 14.3. The summed E-state index contributed by atoms with van der Waals surface area (Å²) < 4.78 is 5.74. The van der Waals surface area contributed by atoms with Crippen LogP contribution in [0.15, 0.2) is 28.7 Å². The highest BCUT2D eigenvalue weighted by Gasteiger charge is 2.32. The molecular weight excluding hydrogens is 290 g/mol. The van der Waals surface area contributed by atoms with Crippen molar-refractivity contribution in [3.8, 4) is 0 Å². The standard InChI is InChI=1S/C16H18ClNO3/c1-9(18-16(20)12-3-2-4-13(12)19)15-8-10-7-11(17)5-6-14(10)21-15/h5-9,12-13,19H,2-4H2,1H3,(H,18,20). The molecule has 21 heavy (non-hydrogen) atoms. The first-order valence-electron chi connectivity index (χ1n) is 7.22. The minimum atomic E-state index is -0.522. The van der Waals surface area contributed by atoms with Crippen LogP contribution < -0.4 is 5.32 Å². The van der Waals surface area contributed by atoms with E-state index >= 15 is 0 Å². The van der Waals surface area contributed by atoms with Crippen LogP contribution in [0.4, 0.5) is 0 Å². The largest absolute Gasteiger partial charge is 0.459 e. The van der Waals surface area contributed by atoms with E-state index in [0.717, 1.165) is 23.8 Å². The third-order valence-electron chi connectivity index (χ3n) is 4.10. The smallest absolute Gasteiger partial charge is 0.226 e. The van der Waals surface area contributed by atoms with Gasteiger partial charge in [0.25, 0.3) is 0 Å². The van der Waals surface area contributed by atoms with E-state index in [9.17, 15) is 9.90 Å². The fraction of sp³-hybridized carbons (Fsp3) is 0.438. The van der Waals surface area contributed by atoms with Crippen molar-refractivity contribution in [1.29, 1.82) is 0 Å². The average Bonchev–Trinajstić information content (AvgIpc) is 3.04. The van der Waals surface area contributed by atoms with E-state index in [4.69, 9.17) is 16.0 Å². The Balaban J connectivity index is 1.74. The van der Waals surface area contributed by atoms with Crippen LogP contribution in [0.25, 0.3) is 11.0 Å². The second-order valence-corrected chi connectivity index (χ2v) is 6.10. The molecule has 3 rings (SSSR count). The fourth-order valence-corrected chi connectivity index (χ4v) is 3.07. The van der Waals surface area contributed by atoms with E-state index in [1.54, 1.807) is 6.07 Å². The van der Waals surface area contributed by atoms with Crippen molar-refractivity contribution in [1.82, 2.24) is 5.32 Å². The van der Waals surface area contributed by atoms with Gasteiger partial charge in [0.1, 0.15) is 11.3 Å². The lowest BCUT2D eigenvalue weighted by Gasteiger charge is -2.17.